The van der Waals surface area contributed by atoms with Gasteiger partial charge in [-0.3, -0.25) is 14.6 Å². The molecular formula is C41H44F6N4O5S2. The van der Waals surface area contributed by atoms with Gasteiger partial charge in [-0.15, -0.1) is 0 Å². The van der Waals surface area contributed by atoms with E-state index in [4.69, 9.17) is 0 Å². The largest absolute Gasteiger partial charge is 0.416 e. The Bertz CT molecular complexity index is 2130. The number of hydrogen-bond acceptors (Lipinski definition) is 9. The molecule has 4 aromatic carbocycles. The van der Waals surface area contributed by atoms with Crippen LogP contribution in [0.3, 0.4) is 0 Å². The summed E-state index contributed by atoms with van der Waals surface area (Å²) in [5.41, 5.74) is 0.495. The Morgan fingerprint density at radius 3 is 1.16 bits per heavy atom. The molecule has 312 valence electrons. The number of ketones is 1. The van der Waals surface area contributed by atoms with Crippen molar-refractivity contribution in [3.63, 3.8) is 0 Å². The summed E-state index contributed by atoms with van der Waals surface area (Å²) >= 11 is 0. The summed E-state index contributed by atoms with van der Waals surface area (Å²) in [5, 5.41) is 0. The topological polar surface area (TPSA) is 98.3 Å². The number of sulfone groups is 2. The first-order chi connectivity index (χ1) is 27.2. The lowest BCUT2D eigenvalue weighted by Crippen LogP contribution is -2.50. The number of rotatable bonds is 12. The first-order valence-corrected chi connectivity index (χ1v) is 22.4. The van der Waals surface area contributed by atoms with Crippen LogP contribution in [0.25, 0.3) is 0 Å². The predicted molar refractivity (Wildman–Crippen MR) is 210 cm³/mol. The van der Waals surface area contributed by atoms with Crippen molar-refractivity contribution in [2.75, 3.05) is 87.8 Å². The van der Waals surface area contributed by atoms with Crippen molar-refractivity contribution >= 4 is 36.8 Å². The molecule has 0 aromatic heterocycles. The molecule has 2 heterocycles. The zero-order chi connectivity index (χ0) is 42.0. The highest BCUT2D eigenvalue weighted by Crippen LogP contribution is 2.35. The van der Waals surface area contributed by atoms with Gasteiger partial charge in [0.15, 0.2) is 19.7 Å². The average molecular weight is 851 g/mol. The maximum absolute atomic E-state index is 15.1. The van der Waals surface area contributed by atoms with Crippen molar-refractivity contribution in [2.24, 2.45) is 0 Å². The van der Waals surface area contributed by atoms with Crippen LogP contribution in [0.4, 0.5) is 37.7 Å². The first kappa shape index (κ1) is 43.1. The van der Waals surface area contributed by atoms with Gasteiger partial charge in [-0.1, -0.05) is 36.4 Å². The van der Waals surface area contributed by atoms with Gasteiger partial charge in [0.25, 0.3) is 0 Å². The third-order valence-corrected chi connectivity index (χ3v) is 13.1. The Hall–Kier alpha value is -4.45. The molecule has 2 aliphatic heterocycles. The van der Waals surface area contributed by atoms with E-state index >= 15 is 4.79 Å². The summed E-state index contributed by atoms with van der Waals surface area (Å²) in [5.74, 6) is -1.79. The van der Waals surface area contributed by atoms with Crippen LogP contribution in [0.1, 0.15) is 34.1 Å². The Morgan fingerprint density at radius 1 is 0.534 bits per heavy atom. The molecule has 2 aliphatic rings. The minimum absolute atomic E-state index is 0.0729. The van der Waals surface area contributed by atoms with Gasteiger partial charge in [0, 0.05) is 89.3 Å². The SMILES string of the molecule is CS(=O)(=O)c1ccc(C(CN2CCN(c3cccc(C(F)(F)F)c3)CC2)C(=O)C(CN2CCN(c3cccc(C(F)(F)F)c3)CC2)c2ccc(S(C)(=O)=O)cc2)cc1. The van der Waals surface area contributed by atoms with E-state index in [0.717, 1.165) is 36.8 Å². The number of benzene rings is 4. The van der Waals surface area contributed by atoms with E-state index in [9.17, 15) is 43.2 Å². The molecule has 17 heteroatoms. The van der Waals surface area contributed by atoms with Gasteiger partial charge in [-0.05, 0) is 71.8 Å². The summed E-state index contributed by atoms with van der Waals surface area (Å²) in [7, 11) is -7.11. The first-order valence-electron chi connectivity index (χ1n) is 18.6. The maximum atomic E-state index is 15.1. The van der Waals surface area contributed by atoms with Gasteiger partial charge in [0.1, 0.15) is 5.78 Å². The summed E-state index contributed by atoms with van der Waals surface area (Å²) < 4.78 is 130. The Balaban J connectivity index is 1.27. The number of alkyl halides is 6. The van der Waals surface area contributed by atoms with E-state index in [1.165, 1.54) is 36.4 Å². The number of piperazine rings is 2. The normalized spacial score (nSPS) is 17.6. The molecule has 0 N–H and O–H groups in total. The van der Waals surface area contributed by atoms with Crippen LogP contribution in [0, 0.1) is 0 Å². The molecule has 0 bridgehead atoms. The van der Waals surface area contributed by atoms with E-state index in [0.29, 0.717) is 74.9 Å². The summed E-state index contributed by atoms with van der Waals surface area (Å²) in [6.45, 7) is 3.69. The molecular weight excluding hydrogens is 807 g/mol. The Labute approximate surface area is 334 Å². The van der Waals surface area contributed by atoms with Crippen LogP contribution in [0.2, 0.25) is 0 Å². The average Bonchev–Trinajstić information content (AvgIpc) is 3.18. The standard InChI is InChI=1S/C41H44F6N4O5S2/c1-57(53,54)35-13-9-29(10-14-35)37(27-48-17-21-50(22-18-48)33-7-3-5-31(25-33)40(42,43)44)39(52)38(30-11-15-36(16-12-30)58(2,55)56)28-49-19-23-51(24-20-49)34-8-4-6-32(26-34)41(45,46)47/h3-16,25-26,37-38H,17-24,27-28H2,1-2H3. The molecule has 0 spiro atoms. The van der Waals surface area contributed by atoms with Gasteiger partial charge >= 0.3 is 12.4 Å². The number of carbonyl (C=O) groups excluding carboxylic acids is 1. The van der Waals surface area contributed by atoms with Gasteiger partial charge < -0.3 is 9.80 Å². The van der Waals surface area contributed by atoms with Crippen molar-refractivity contribution in [3.8, 4) is 0 Å². The highest BCUT2D eigenvalue weighted by atomic mass is 32.2. The van der Waals surface area contributed by atoms with Gasteiger partial charge in [0.2, 0.25) is 0 Å². The second kappa shape index (κ2) is 17.0. The van der Waals surface area contributed by atoms with Crippen LogP contribution in [0.15, 0.2) is 107 Å². The van der Waals surface area contributed by atoms with E-state index < -0.39 is 55.0 Å². The van der Waals surface area contributed by atoms with Gasteiger partial charge in [0.05, 0.1) is 32.8 Å². The number of Topliss-reactive ketones (excluding diaryl/α,β-unsaturated/α-hetero) is 1. The Kier molecular flexibility index (Phi) is 12.7. The lowest BCUT2D eigenvalue weighted by atomic mass is 9.82. The fraction of sp³-hybridized carbons (Fsp3) is 0.390. The molecule has 2 unspecified atom stereocenters. The van der Waals surface area contributed by atoms with E-state index in [2.05, 4.69) is 9.80 Å². The summed E-state index contributed by atoms with van der Waals surface area (Å²) in [4.78, 5) is 23.0. The lowest BCUT2D eigenvalue weighted by Gasteiger charge is -2.39. The van der Waals surface area contributed by atoms with Crippen molar-refractivity contribution in [3.05, 3.63) is 119 Å². The molecule has 0 saturated carbocycles. The predicted octanol–water partition coefficient (Wildman–Crippen LogP) is 6.61. The highest BCUT2D eigenvalue weighted by Gasteiger charge is 2.36. The number of anilines is 2. The van der Waals surface area contributed by atoms with Crippen molar-refractivity contribution in [2.45, 2.75) is 34.0 Å². The summed E-state index contributed by atoms with van der Waals surface area (Å²) in [6.07, 6.45) is -6.82. The number of nitrogens with zero attached hydrogens (tertiary/aromatic N) is 4. The van der Waals surface area contributed by atoms with E-state index in [-0.39, 0.29) is 28.7 Å². The lowest BCUT2D eigenvalue weighted by molar-refractivity contribution is -0.138. The molecule has 9 nitrogen and oxygen atoms in total. The fourth-order valence-electron chi connectivity index (χ4n) is 7.51. The van der Waals surface area contributed by atoms with Crippen LogP contribution in [-0.4, -0.2) is 110 Å². The van der Waals surface area contributed by atoms with Crippen LogP contribution in [0.5, 0.6) is 0 Å². The van der Waals surface area contributed by atoms with Crippen molar-refractivity contribution in [1.82, 2.24) is 9.80 Å². The molecule has 2 atom stereocenters. The smallest absolute Gasteiger partial charge is 0.369 e. The number of hydrogen-bond donors (Lipinski definition) is 0. The minimum Gasteiger partial charge on any atom is -0.369 e. The molecule has 0 aliphatic carbocycles. The van der Waals surface area contributed by atoms with Crippen molar-refractivity contribution < 1.29 is 48.0 Å². The molecule has 2 saturated heterocycles. The zero-order valence-corrected chi connectivity index (χ0v) is 33.5. The third-order valence-electron chi connectivity index (χ3n) is 10.8. The van der Waals surface area contributed by atoms with Crippen molar-refractivity contribution in [1.29, 1.82) is 0 Å². The minimum atomic E-state index is -4.49. The van der Waals surface area contributed by atoms with E-state index in [1.807, 2.05) is 9.80 Å². The maximum Gasteiger partial charge on any atom is 0.416 e. The number of carbonyl (C=O) groups is 1. The molecule has 2 fully saturated rings. The van der Waals surface area contributed by atoms with Crippen LogP contribution in [-0.2, 0) is 36.8 Å². The molecule has 58 heavy (non-hydrogen) atoms. The monoisotopic (exact) mass is 850 g/mol. The quantitative estimate of drug-likeness (QED) is 0.146. The molecule has 0 radical (unpaired) electrons. The molecule has 0 amide bonds. The van der Waals surface area contributed by atoms with E-state index in [1.54, 1.807) is 36.4 Å². The molecule has 6 rings (SSSR count). The summed E-state index contributed by atoms with van der Waals surface area (Å²) in [6, 6.07) is 22.5. The van der Waals surface area contributed by atoms with Gasteiger partial charge in [-0.25, -0.2) is 16.8 Å². The second-order valence-electron chi connectivity index (χ2n) is 14.9. The van der Waals surface area contributed by atoms with Gasteiger partial charge in [-0.2, -0.15) is 26.3 Å². The number of halogens is 6. The third kappa shape index (κ3) is 10.6. The van der Waals surface area contributed by atoms with Crippen LogP contribution < -0.4 is 9.80 Å². The molecule has 4 aromatic rings. The Morgan fingerprint density at radius 2 is 0.862 bits per heavy atom. The second-order valence-corrected chi connectivity index (χ2v) is 18.9. The van der Waals surface area contributed by atoms with Crippen LogP contribution >= 0.6 is 0 Å². The zero-order valence-electron chi connectivity index (χ0n) is 31.9. The fourth-order valence-corrected chi connectivity index (χ4v) is 8.77. The highest BCUT2D eigenvalue weighted by molar-refractivity contribution is 7.91.